The Hall–Kier alpha value is -4.54. The number of anilines is 4. The predicted octanol–water partition coefficient (Wildman–Crippen LogP) is 6.04. The normalized spacial score (nSPS) is 13.6. The first-order valence-corrected chi connectivity index (χ1v) is 14.0. The van der Waals surface area contributed by atoms with E-state index in [-0.39, 0.29) is 16.7 Å². The maximum atomic E-state index is 13.3. The molecular formula is C28H18N4O4S2. The van der Waals surface area contributed by atoms with E-state index in [1.807, 2.05) is 30.3 Å². The molecule has 38 heavy (non-hydrogen) atoms. The zero-order valence-corrected chi connectivity index (χ0v) is 21.2. The van der Waals surface area contributed by atoms with E-state index in [0.717, 1.165) is 27.0 Å². The van der Waals surface area contributed by atoms with Gasteiger partial charge in [0.2, 0.25) is 0 Å². The molecule has 0 spiro atoms. The van der Waals surface area contributed by atoms with Crippen molar-refractivity contribution in [2.75, 3.05) is 20.1 Å². The molecule has 0 radical (unpaired) electrons. The van der Waals surface area contributed by atoms with Crippen molar-refractivity contribution in [1.29, 1.82) is 0 Å². The second kappa shape index (κ2) is 8.23. The number of carbonyl (C=O) groups is 2. The predicted molar refractivity (Wildman–Crippen MR) is 151 cm³/mol. The van der Waals surface area contributed by atoms with Crippen molar-refractivity contribution in [3.8, 4) is 0 Å². The summed E-state index contributed by atoms with van der Waals surface area (Å²) >= 11 is 1.41. The zero-order valence-electron chi connectivity index (χ0n) is 19.5. The summed E-state index contributed by atoms with van der Waals surface area (Å²) < 4.78 is 32.5. The molecule has 4 N–H and O–H groups in total. The monoisotopic (exact) mass is 538 g/mol. The van der Waals surface area contributed by atoms with Gasteiger partial charge in [-0.3, -0.25) is 14.3 Å². The lowest BCUT2D eigenvalue weighted by molar-refractivity contribution is 0.102. The van der Waals surface area contributed by atoms with Gasteiger partial charge >= 0.3 is 0 Å². The van der Waals surface area contributed by atoms with Crippen LogP contribution in [0.1, 0.15) is 20.7 Å². The van der Waals surface area contributed by atoms with Crippen LogP contribution in [0.15, 0.2) is 94.7 Å². The third kappa shape index (κ3) is 3.49. The Morgan fingerprint density at radius 2 is 1.21 bits per heavy atom. The van der Waals surface area contributed by atoms with Crippen LogP contribution in [-0.4, -0.2) is 20.2 Å². The number of nitrogens with one attached hydrogen (secondary N) is 4. The summed E-state index contributed by atoms with van der Waals surface area (Å²) in [5, 5.41) is 8.64. The summed E-state index contributed by atoms with van der Waals surface area (Å²) in [6.07, 6.45) is 0. The fraction of sp³-hybridized carbons (Fsp3) is 0. The van der Waals surface area contributed by atoms with Gasteiger partial charge in [0.05, 0.1) is 4.90 Å². The smallest absolute Gasteiger partial charge is 0.262 e. The molecule has 7 rings (SSSR count). The molecule has 2 aliphatic rings. The van der Waals surface area contributed by atoms with Gasteiger partial charge in [0.1, 0.15) is 0 Å². The molecule has 5 aromatic rings. The van der Waals surface area contributed by atoms with Gasteiger partial charge in [-0.2, -0.15) is 0 Å². The number of benzene rings is 5. The van der Waals surface area contributed by atoms with Crippen molar-refractivity contribution >= 4 is 78.1 Å². The van der Waals surface area contributed by atoms with Gasteiger partial charge in [-0.05, 0) is 78.0 Å². The third-order valence-corrected chi connectivity index (χ3v) is 9.05. The summed E-state index contributed by atoms with van der Waals surface area (Å²) in [6.45, 7) is 0. The van der Waals surface area contributed by atoms with E-state index in [9.17, 15) is 18.0 Å². The fourth-order valence-corrected chi connectivity index (χ4v) is 7.02. The average Bonchev–Trinajstić information content (AvgIpc) is 3.42. The Kier molecular flexibility index (Phi) is 4.91. The average molecular weight is 539 g/mol. The molecule has 2 aliphatic heterocycles. The molecular weight excluding hydrogens is 520 g/mol. The molecule has 8 nitrogen and oxygen atoms in total. The molecule has 0 unspecified atom stereocenters. The standard InChI is InChI=1S/C28H18N4O4S2/c33-27-19-5-1-3-17-23(13-11-21(29-27)25(17)19)37-31-15-7-9-16(10-8-15)32-38(35,36)24-14-12-22-26-18(24)4-2-6-20(26)28(34)30-22/h1-14,31-32H,(H,29,33)(H,30,34). The lowest BCUT2D eigenvalue weighted by Crippen LogP contribution is -2.13. The Bertz CT molecular complexity index is 1950. The van der Waals surface area contributed by atoms with Crippen LogP contribution in [0.25, 0.3) is 21.5 Å². The van der Waals surface area contributed by atoms with Gasteiger partial charge in [-0.25, -0.2) is 8.42 Å². The molecule has 0 aromatic heterocycles. The molecule has 0 fully saturated rings. The minimum atomic E-state index is -3.91. The SMILES string of the molecule is O=C1Nc2ccc(SNc3ccc(NS(=O)(=O)c4ccc5c6c(cccc46)C(=O)N5)cc3)c3cccc1c23. The van der Waals surface area contributed by atoms with Gasteiger partial charge in [0.15, 0.2) is 0 Å². The Morgan fingerprint density at radius 1 is 0.632 bits per heavy atom. The number of hydrogen-bond donors (Lipinski definition) is 4. The van der Waals surface area contributed by atoms with E-state index in [4.69, 9.17) is 0 Å². The highest BCUT2D eigenvalue weighted by atomic mass is 32.2. The molecule has 186 valence electrons. The van der Waals surface area contributed by atoms with E-state index in [0.29, 0.717) is 33.3 Å². The Morgan fingerprint density at radius 3 is 1.89 bits per heavy atom. The summed E-state index contributed by atoms with van der Waals surface area (Å²) in [5.74, 6) is -0.336. The van der Waals surface area contributed by atoms with E-state index in [2.05, 4.69) is 20.1 Å². The van der Waals surface area contributed by atoms with Crippen molar-refractivity contribution in [2.45, 2.75) is 9.79 Å². The number of amides is 2. The highest BCUT2D eigenvalue weighted by Gasteiger charge is 2.26. The van der Waals surface area contributed by atoms with Gasteiger partial charge < -0.3 is 15.4 Å². The maximum Gasteiger partial charge on any atom is 0.262 e. The molecule has 2 amide bonds. The van der Waals surface area contributed by atoms with Gasteiger partial charge in [-0.1, -0.05) is 24.3 Å². The fourth-order valence-electron chi connectivity index (χ4n) is 4.98. The highest BCUT2D eigenvalue weighted by molar-refractivity contribution is 8.00. The Balaban J connectivity index is 1.11. The minimum absolute atomic E-state index is 0.0963. The van der Waals surface area contributed by atoms with Gasteiger partial charge in [-0.15, -0.1) is 0 Å². The first-order valence-electron chi connectivity index (χ1n) is 11.7. The van der Waals surface area contributed by atoms with Crippen LogP contribution < -0.4 is 20.1 Å². The zero-order chi connectivity index (χ0) is 26.0. The van der Waals surface area contributed by atoms with Crippen LogP contribution in [0.4, 0.5) is 22.7 Å². The van der Waals surface area contributed by atoms with Crippen LogP contribution in [0.5, 0.6) is 0 Å². The van der Waals surface area contributed by atoms with E-state index < -0.39 is 10.0 Å². The van der Waals surface area contributed by atoms with Crippen molar-refractivity contribution < 1.29 is 18.0 Å². The third-order valence-electron chi connectivity index (χ3n) is 6.69. The van der Waals surface area contributed by atoms with Crippen LogP contribution in [0, 0.1) is 0 Å². The topological polar surface area (TPSA) is 116 Å². The lowest BCUT2D eigenvalue weighted by Gasteiger charge is -2.12. The first-order chi connectivity index (χ1) is 18.4. The quantitative estimate of drug-likeness (QED) is 0.196. The molecule has 0 aliphatic carbocycles. The van der Waals surface area contributed by atoms with E-state index >= 15 is 0 Å². The van der Waals surface area contributed by atoms with Gasteiger partial charge in [0.25, 0.3) is 21.8 Å². The molecule has 0 saturated carbocycles. The second-order valence-corrected chi connectivity index (χ2v) is 11.5. The molecule has 0 saturated heterocycles. The molecule has 0 bridgehead atoms. The molecule has 0 atom stereocenters. The van der Waals surface area contributed by atoms with Crippen molar-refractivity contribution in [3.63, 3.8) is 0 Å². The van der Waals surface area contributed by atoms with Gasteiger partial charge in [0, 0.05) is 54.9 Å². The summed E-state index contributed by atoms with van der Waals surface area (Å²) in [6, 6.07) is 24.6. The highest BCUT2D eigenvalue weighted by Crippen LogP contribution is 2.39. The summed E-state index contributed by atoms with van der Waals surface area (Å²) in [4.78, 5) is 25.4. The van der Waals surface area contributed by atoms with Crippen molar-refractivity contribution in [1.82, 2.24) is 0 Å². The van der Waals surface area contributed by atoms with Crippen LogP contribution in [0.3, 0.4) is 0 Å². The maximum absolute atomic E-state index is 13.3. The van der Waals surface area contributed by atoms with Crippen LogP contribution in [0.2, 0.25) is 0 Å². The number of rotatable bonds is 6. The molecule has 10 heteroatoms. The van der Waals surface area contributed by atoms with E-state index in [1.54, 1.807) is 48.5 Å². The number of sulfonamides is 1. The van der Waals surface area contributed by atoms with Crippen LogP contribution >= 0.6 is 11.9 Å². The van der Waals surface area contributed by atoms with E-state index in [1.165, 1.54) is 18.0 Å². The van der Waals surface area contributed by atoms with Crippen molar-refractivity contribution in [2.24, 2.45) is 0 Å². The summed E-state index contributed by atoms with van der Waals surface area (Å²) in [7, 11) is -3.91. The molecule has 5 aromatic carbocycles. The van der Waals surface area contributed by atoms with Crippen LogP contribution in [-0.2, 0) is 10.0 Å². The first kappa shape index (κ1) is 22.6. The molecule has 2 heterocycles. The lowest BCUT2D eigenvalue weighted by atomic mass is 10.1. The summed E-state index contributed by atoms with van der Waals surface area (Å²) in [5.41, 5.74) is 3.74. The number of hydrogen-bond acceptors (Lipinski definition) is 6. The van der Waals surface area contributed by atoms with Crippen molar-refractivity contribution in [3.05, 3.63) is 96.1 Å². The Labute approximate surface area is 221 Å². The largest absolute Gasteiger partial charge is 0.326 e. The minimum Gasteiger partial charge on any atom is -0.326 e. The second-order valence-electron chi connectivity index (χ2n) is 8.97. The number of carbonyl (C=O) groups excluding carboxylic acids is 2.